The van der Waals surface area contributed by atoms with Crippen molar-refractivity contribution in [1.82, 2.24) is 0 Å². The average Bonchev–Trinajstić information content (AvgIpc) is 3.03. The van der Waals surface area contributed by atoms with E-state index in [1.807, 2.05) is 0 Å². The minimum absolute atomic E-state index is 0.0195. The lowest BCUT2D eigenvalue weighted by atomic mass is 10.2. The fourth-order valence-corrected chi connectivity index (χ4v) is 4.71. The first-order valence-electron chi connectivity index (χ1n) is 12.5. The van der Waals surface area contributed by atoms with E-state index < -0.39 is 54.0 Å². The van der Waals surface area contributed by atoms with Gasteiger partial charge < -0.3 is 9.66 Å². The molecule has 1 atom stereocenters. The zero-order valence-electron chi connectivity index (χ0n) is 22.9. The van der Waals surface area contributed by atoms with Gasteiger partial charge in [0.05, 0.1) is 38.1 Å². The van der Waals surface area contributed by atoms with Crippen LogP contribution in [0.1, 0.15) is 15.9 Å². The number of anilines is 2. The molecule has 16 heteroatoms. The number of hydrogen-bond acceptors (Lipinski definition) is 12. The molecule has 0 aliphatic rings. The number of carbonyl (C=O) groups is 1. The highest BCUT2D eigenvalue weighted by molar-refractivity contribution is 7.94. The summed E-state index contributed by atoms with van der Waals surface area (Å²) in [5.41, 5.74) is 3.95. The molecule has 0 heterocycles. The van der Waals surface area contributed by atoms with Gasteiger partial charge in [-0.05, 0) is 60.2 Å². The SMILES string of the molecule is C=CS(=O)(=O)c1cccc(N=Nc2ccc(NN=c3c(=O)cc(C(=O)O)c(=NNc4cccc(C(=C)S(=O)O)c4)c3=O)cc2)c1. The van der Waals surface area contributed by atoms with E-state index in [1.54, 1.807) is 6.07 Å². The highest BCUT2D eigenvalue weighted by Crippen LogP contribution is 2.23. The molecule has 4 rings (SSSR count). The number of carboxylic acid groups (broad SMARTS) is 1. The van der Waals surface area contributed by atoms with Crippen molar-refractivity contribution in [3.63, 3.8) is 0 Å². The Morgan fingerprint density at radius 3 is 2.16 bits per heavy atom. The van der Waals surface area contributed by atoms with Gasteiger partial charge in [0, 0.05) is 11.5 Å². The first kappa shape index (κ1) is 32.2. The maximum atomic E-state index is 13.1. The number of benzene rings is 4. The molecule has 4 aromatic carbocycles. The van der Waals surface area contributed by atoms with Crippen molar-refractivity contribution in [3.05, 3.63) is 140 Å². The molecule has 0 aliphatic heterocycles. The first-order valence-corrected chi connectivity index (χ1v) is 15.2. The van der Waals surface area contributed by atoms with Crippen molar-refractivity contribution in [2.75, 3.05) is 10.9 Å². The summed E-state index contributed by atoms with van der Waals surface area (Å²) < 4.78 is 44.5. The Balaban J connectivity index is 1.60. The Bertz CT molecular complexity index is 2220. The molecule has 14 nitrogen and oxygen atoms in total. The van der Waals surface area contributed by atoms with Crippen LogP contribution in [0.4, 0.5) is 22.7 Å². The van der Waals surface area contributed by atoms with Crippen molar-refractivity contribution in [3.8, 4) is 0 Å². The van der Waals surface area contributed by atoms with Crippen LogP contribution in [0.25, 0.3) is 4.91 Å². The van der Waals surface area contributed by atoms with Crippen LogP contribution >= 0.6 is 0 Å². The zero-order chi connectivity index (χ0) is 32.7. The summed E-state index contributed by atoms with van der Waals surface area (Å²) in [4.78, 5) is 37.4. The number of nitrogens with one attached hydrogen (secondary N) is 2. The summed E-state index contributed by atoms with van der Waals surface area (Å²) in [5.74, 6) is -1.57. The summed E-state index contributed by atoms with van der Waals surface area (Å²) in [6.45, 7) is 6.81. The monoisotopic (exact) mass is 646 g/mol. The quantitative estimate of drug-likeness (QED) is 0.106. The minimum Gasteiger partial charge on any atom is -0.478 e. The molecule has 4 aromatic rings. The topological polar surface area (TPSA) is 216 Å². The Labute approximate surface area is 257 Å². The molecular weight excluding hydrogens is 624 g/mol. The van der Waals surface area contributed by atoms with E-state index in [1.165, 1.54) is 66.7 Å². The fraction of sp³-hybridized carbons (Fsp3) is 0. The third-order valence-corrected chi connectivity index (χ3v) is 7.93. The van der Waals surface area contributed by atoms with E-state index in [4.69, 9.17) is 0 Å². The molecule has 0 fully saturated rings. The lowest BCUT2D eigenvalue weighted by molar-refractivity contribution is 0.0694. The van der Waals surface area contributed by atoms with Gasteiger partial charge in [0.25, 0.3) is 0 Å². The summed E-state index contributed by atoms with van der Waals surface area (Å²) >= 11 is -2.33. The standard InChI is InChI=1S/C29H22N6O8S2/c1-3-45(42,43)23-9-5-8-22(15-23)32-30-19-10-12-20(13-11-19)31-35-27-25(36)16-24(29(38)39)26(28(27)37)34-33-21-7-4-6-18(14-21)17(2)44(40)41/h3-16,31,33H,1-2H2,(H,38,39)(H,40,41). The third-order valence-electron chi connectivity index (χ3n) is 5.93. The zero-order valence-corrected chi connectivity index (χ0v) is 24.6. The number of sulfone groups is 1. The summed E-state index contributed by atoms with van der Waals surface area (Å²) in [6, 6.07) is 18.6. The van der Waals surface area contributed by atoms with Gasteiger partial charge in [0.1, 0.15) is 5.36 Å². The summed E-state index contributed by atoms with van der Waals surface area (Å²) in [7, 11) is -3.64. The Kier molecular flexibility index (Phi) is 9.82. The molecule has 228 valence electrons. The summed E-state index contributed by atoms with van der Waals surface area (Å²) in [6.07, 6.45) is 0. The van der Waals surface area contributed by atoms with E-state index >= 15 is 0 Å². The highest BCUT2D eigenvalue weighted by atomic mass is 32.2. The average molecular weight is 647 g/mol. The molecular formula is C29H22N6O8S2. The van der Waals surface area contributed by atoms with Crippen molar-refractivity contribution < 1.29 is 27.1 Å². The van der Waals surface area contributed by atoms with Crippen LogP contribution in [0.5, 0.6) is 0 Å². The van der Waals surface area contributed by atoms with Gasteiger partial charge in [-0.25, -0.2) is 17.4 Å². The van der Waals surface area contributed by atoms with Gasteiger partial charge in [0.2, 0.25) is 10.9 Å². The first-order chi connectivity index (χ1) is 21.4. The van der Waals surface area contributed by atoms with E-state index in [0.717, 1.165) is 11.5 Å². The molecule has 0 saturated heterocycles. The third kappa shape index (κ3) is 7.82. The van der Waals surface area contributed by atoms with Gasteiger partial charge in [-0.2, -0.15) is 20.4 Å². The van der Waals surface area contributed by atoms with Gasteiger partial charge in [-0.3, -0.25) is 20.4 Å². The molecule has 0 spiro atoms. The molecule has 0 bridgehead atoms. The summed E-state index contributed by atoms with van der Waals surface area (Å²) in [5, 5.41) is 25.0. The molecule has 1 unspecified atom stereocenters. The largest absolute Gasteiger partial charge is 0.478 e. The van der Waals surface area contributed by atoms with Crippen LogP contribution in [0, 0.1) is 0 Å². The number of azo groups is 1. The molecule has 4 N–H and O–H groups in total. The Morgan fingerprint density at radius 2 is 1.49 bits per heavy atom. The van der Waals surface area contributed by atoms with Crippen LogP contribution in [-0.4, -0.2) is 28.3 Å². The predicted octanol–water partition coefficient (Wildman–Crippen LogP) is 3.36. The molecule has 0 amide bonds. The van der Waals surface area contributed by atoms with E-state index in [9.17, 15) is 36.7 Å². The lowest BCUT2D eigenvalue weighted by Gasteiger charge is -2.05. The second kappa shape index (κ2) is 13.7. The van der Waals surface area contributed by atoms with E-state index in [-0.39, 0.29) is 15.5 Å². The smallest absolute Gasteiger partial charge is 0.338 e. The van der Waals surface area contributed by atoms with Crippen molar-refractivity contribution >= 4 is 54.5 Å². The van der Waals surface area contributed by atoms with Crippen LogP contribution in [-0.2, 0) is 20.9 Å². The molecule has 45 heavy (non-hydrogen) atoms. The van der Waals surface area contributed by atoms with Gasteiger partial charge in [0.15, 0.2) is 26.3 Å². The van der Waals surface area contributed by atoms with E-state index in [0.29, 0.717) is 22.6 Å². The van der Waals surface area contributed by atoms with Gasteiger partial charge >= 0.3 is 5.97 Å². The Hall–Kier alpha value is -5.71. The number of aromatic carboxylic acids is 1. The van der Waals surface area contributed by atoms with Gasteiger partial charge in [-0.1, -0.05) is 31.4 Å². The highest BCUT2D eigenvalue weighted by Gasteiger charge is 2.15. The number of hydrogen-bond donors (Lipinski definition) is 4. The van der Waals surface area contributed by atoms with Crippen LogP contribution < -0.4 is 32.4 Å². The van der Waals surface area contributed by atoms with Crippen molar-refractivity contribution in [1.29, 1.82) is 0 Å². The van der Waals surface area contributed by atoms with Crippen LogP contribution in [0.3, 0.4) is 0 Å². The number of carboxylic acids is 1. The Morgan fingerprint density at radius 1 is 0.844 bits per heavy atom. The molecule has 0 aromatic heterocycles. The fourth-order valence-electron chi connectivity index (χ4n) is 3.63. The minimum atomic E-state index is -3.64. The molecule has 0 radical (unpaired) electrons. The lowest BCUT2D eigenvalue weighted by Crippen LogP contribution is -2.50. The molecule has 0 aliphatic carbocycles. The molecule has 0 saturated carbocycles. The number of rotatable bonds is 11. The van der Waals surface area contributed by atoms with Crippen molar-refractivity contribution in [2.45, 2.75) is 4.90 Å². The maximum Gasteiger partial charge on any atom is 0.338 e. The van der Waals surface area contributed by atoms with Crippen LogP contribution in [0.15, 0.2) is 132 Å². The predicted molar refractivity (Wildman–Crippen MR) is 167 cm³/mol. The maximum absolute atomic E-state index is 13.1. The van der Waals surface area contributed by atoms with E-state index in [2.05, 4.69) is 44.4 Å². The normalized spacial score (nSPS) is 13.0. The van der Waals surface area contributed by atoms with Gasteiger partial charge in [-0.15, -0.1) is 0 Å². The second-order valence-electron chi connectivity index (χ2n) is 8.91. The van der Waals surface area contributed by atoms with Crippen LogP contribution in [0.2, 0.25) is 0 Å². The number of nitrogens with zero attached hydrogens (tertiary/aromatic N) is 4. The second-order valence-corrected chi connectivity index (χ2v) is 11.8. The van der Waals surface area contributed by atoms with Crippen molar-refractivity contribution in [2.24, 2.45) is 20.4 Å².